The quantitative estimate of drug-likeness (QED) is 0.890. The fraction of sp³-hybridized carbons (Fsp3) is 0.438. The van der Waals surface area contributed by atoms with Gasteiger partial charge in [-0.1, -0.05) is 25.4 Å². The Morgan fingerprint density at radius 2 is 2.09 bits per heavy atom. The third kappa shape index (κ3) is 3.97. The van der Waals surface area contributed by atoms with Gasteiger partial charge in [0.2, 0.25) is 0 Å². The molecule has 22 heavy (non-hydrogen) atoms. The summed E-state index contributed by atoms with van der Waals surface area (Å²) in [5, 5.41) is 4.03. The van der Waals surface area contributed by atoms with E-state index in [9.17, 15) is 9.18 Å². The van der Waals surface area contributed by atoms with E-state index in [1.165, 1.54) is 23.5 Å². The van der Waals surface area contributed by atoms with Crippen LogP contribution in [0.25, 0.3) is 10.1 Å². The van der Waals surface area contributed by atoms with Crippen molar-refractivity contribution in [1.82, 2.24) is 10.2 Å². The first-order valence-corrected chi connectivity index (χ1v) is 8.19. The smallest absolute Gasteiger partial charge is 0.262 e. The van der Waals surface area contributed by atoms with Crippen molar-refractivity contribution in [3.8, 4) is 0 Å². The van der Waals surface area contributed by atoms with Crippen LogP contribution in [0.2, 0.25) is 5.02 Å². The van der Waals surface area contributed by atoms with Crippen LogP contribution >= 0.6 is 22.9 Å². The van der Waals surface area contributed by atoms with Crippen molar-refractivity contribution in [2.75, 3.05) is 27.2 Å². The van der Waals surface area contributed by atoms with Crippen molar-refractivity contribution < 1.29 is 9.18 Å². The van der Waals surface area contributed by atoms with Gasteiger partial charge in [-0.15, -0.1) is 11.3 Å². The summed E-state index contributed by atoms with van der Waals surface area (Å²) in [7, 11) is 4.00. The van der Waals surface area contributed by atoms with Gasteiger partial charge in [0.1, 0.15) is 10.7 Å². The molecule has 0 aliphatic rings. The molecule has 0 atom stereocenters. The van der Waals surface area contributed by atoms with Gasteiger partial charge >= 0.3 is 0 Å². The molecule has 0 aliphatic heterocycles. The minimum Gasteiger partial charge on any atom is -0.351 e. The Hall–Kier alpha value is -1.17. The average Bonchev–Trinajstić information content (AvgIpc) is 2.71. The molecule has 1 aromatic carbocycles. The van der Waals surface area contributed by atoms with Crippen LogP contribution in [0.4, 0.5) is 4.39 Å². The normalized spacial score (nSPS) is 12.1. The van der Waals surface area contributed by atoms with Crippen LogP contribution in [0.5, 0.6) is 0 Å². The summed E-state index contributed by atoms with van der Waals surface area (Å²) in [5.41, 5.74) is -0.0472. The van der Waals surface area contributed by atoms with E-state index in [0.717, 1.165) is 6.54 Å². The predicted octanol–water partition coefficient (Wildman–Crippen LogP) is 4.01. The van der Waals surface area contributed by atoms with Crippen LogP contribution in [-0.2, 0) is 0 Å². The molecule has 1 aromatic heterocycles. The van der Waals surface area contributed by atoms with E-state index in [1.807, 2.05) is 14.1 Å². The van der Waals surface area contributed by atoms with Crippen molar-refractivity contribution in [1.29, 1.82) is 0 Å². The molecule has 0 spiro atoms. The van der Waals surface area contributed by atoms with Crippen molar-refractivity contribution >= 4 is 38.9 Å². The Labute approximate surface area is 139 Å². The lowest BCUT2D eigenvalue weighted by Crippen LogP contribution is -2.39. The maximum atomic E-state index is 13.3. The fourth-order valence-electron chi connectivity index (χ4n) is 2.50. The van der Waals surface area contributed by atoms with Gasteiger partial charge in [0.05, 0.1) is 5.02 Å². The lowest BCUT2D eigenvalue weighted by Gasteiger charge is -2.28. The molecule has 0 fully saturated rings. The van der Waals surface area contributed by atoms with Crippen LogP contribution in [0.15, 0.2) is 18.2 Å². The van der Waals surface area contributed by atoms with E-state index in [4.69, 9.17) is 11.6 Å². The monoisotopic (exact) mass is 342 g/mol. The topological polar surface area (TPSA) is 32.3 Å². The van der Waals surface area contributed by atoms with Crippen LogP contribution in [0.1, 0.15) is 23.5 Å². The highest BCUT2D eigenvalue weighted by Crippen LogP contribution is 2.35. The number of nitrogens with one attached hydrogen (secondary N) is 1. The van der Waals surface area contributed by atoms with Gasteiger partial charge in [-0.05, 0) is 37.7 Å². The minimum absolute atomic E-state index is 0.0472. The lowest BCUT2D eigenvalue weighted by atomic mass is 9.93. The number of rotatable bonds is 5. The second-order valence-electron chi connectivity index (χ2n) is 6.47. The Morgan fingerprint density at radius 1 is 1.41 bits per heavy atom. The van der Waals surface area contributed by atoms with Gasteiger partial charge in [-0.2, -0.15) is 0 Å². The zero-order valence-electron chi connectivity index (χ0n) is 13.2. The number of hydrogen-bond donors (Lipinski definition) is 1. The molecule has 0 bridgehead atoms. The van der Waals surface area contributed by atoms with Gasteiger partial charge in [0.25, 0.3) is 5.91 Å². The molecule has 0 aliphatic carbocycles. The first kappa shape index (κ1) is 17.2. The van der Waals surface area contributed by atoms with Gasteiger partial charge < -0.3 is 10.2 Å². The second-order valence-corrected chi connectivity index (χ2v) is 7.90. The van der Waals surface area contributed by atoms with Gasteiger partial charge in [0, 0.05) is 23.2 Å². The molecule has 0 unspecified atom stereocenters. The lowest BCUT2D eigenvalue weighted by molar-refractivity contribution is 0.0933. The highest BCUT2D eigenvalue weighted by Gasteiger charge is 2.22. The van der Waals surface area contributed by atoms with E-state index < -0.39 is 0 Å². The minimum atomic E-state index is -0.329. The zero-order valence-corrected chi connectivity index (χ0v) is 14.7. The highest BCUT2D eigenvalue weighted by atomic mass is 35.5. The van der Waals surface area contributed by atoms with E-state index in [1.54, 1.807) is 6.07 Å². The number of halogens is 2. The van der Waals surface area contributed by atoms with Crippen LogP contribution < -0.4 is 5.32 Å². The second kappa shape index (κ2) is 6.52. The largest absolute Gasteiger partial charge is 0.351 e. The molecular weight excluding hydrogens is 323 g/mol. The summed E-state index contributed by atoms with van der Waals surface area (Å²) < 4.78 is 13.9. The number of fused-ring (bicyclic) bond motifs is 1. The number of carbonyl (C=O) groups excluding carboxylic acids is 1. The Bertz CT molecular complexity index is 697. The molecule has 1 N–H and O–H groups in total. The Balaban J connectivity index is 2.15. The third-order valence-corrected chi connectivity index (χ3v) is 4.93. The van der Waals surface area contributed by atoms with Gasteiger partial charge in [-0.3, -0.25) is 4.79 Å². The number of carbonyl (C=O) groups is 1. The molecule has 0 radical (unpaired) electrons. The summed E-state index contributed by atoms with van der Waals surface area (Å²) in [6.45, 7) is 5.59. The Kier molecular flexibility index (Phi) is 5.10. The van der Waals surface area contributed by atoms with Crippen molar-refractivity contribution in [2.45, 2.75) is 13.8 Å². The first-order valence-electron chi connectivity index (χ1n) is 7.00. The number of nitrogens with zero attached hydrogens (tertiary/aromatic N) is 1. The highest BCUT2D eigenvalue weighted by molar-refractivity contribution is 7.21. The summed E-state index contributed by atoms with van der Waals surface area (Å²) in [4.78, 5) is 14.9. The summed E-state index contributed by atoms with van der Waals surface area (Å²) >= 11 is 7.47. The van der Waals surface area contributed by atoms with Crippen molar-refractivity contribution in [3.63, 3.8) is 0 Å². The number of amides is 1. The SMILES string of the molecule is CN(C)CC(C)(C)CNC(=O)c1sc2cc(F)ccc2c1Cl. The molecule has 0 saturated carbocycles. The van der Waals surface area contributed by atoms with E-state index in [-0.39, 0.29) is 17.1 Å². The molecule has 6 heteroatoms. The maximum Gasteiger partial charge on any atom is 0.262 e. The molecule has 1 amide bonds. The number of benzene rings is 1. The molecule has 0 saturated heterocycles. The average molecular weight is 343 g/mol. The van der Waals surface area contributed by atoms with Crippen LogP contribution in [0, 0.1) is 11.2 Å². The van der Waals surface area contributed by atoms with Gasteiger partial charge in [0.15, 0.2) is 0 Å². The molecule has 2 rings (SSSR count). The fourth-order valence-corrected chi connectivity index (χ4v) is 3.96. The first-order chi connectivity index (χ1) is 10.2. The summed E-state index contributed by atoms with van der Waals surface area (Å²) in [6.07, 6.45) is 0. The molecule has 1 heterocycles. The van der Waals surface area contributed by atoms with Crippen molar-refractivity contribution in [3.05, 3.63) is 33.9 Å². The maximum absolute atomic E-state index is 13.3. The molecule has 2 aromatic rings. The molecule has 3 nitrogen and oxygen atoms in total. The zero-order chi connectivity index (χ0) is 16.5. The van der Waals surface area contributed by atoms with E-state index >= 15 is 0 Å². The summed E-state index contributed by atoms with van der Waals surface area (Å²) in [6, 6.07) is 4.36. The standard InChI is InChI=1S/C16H20ClFN2OS/c1-16(2,9-20(3)4)8-19-15(21)14-13(17)11-6-5-10(18)7-12(11)22-14/h5-7H,8-9H2,1-4H3,(H,19,21). The van der Waals surface area contributed by atoms with E-state index in [0.29, 0.717) is 26.5 Å². The number of thiophene rings is 1. The van der Waals surface area contributed by atoms with Crippen molar-refractivity contribution in [2.24, 2.45) is 5.41 Å². The molecular formula is C16H20ClFN2OS. The van der Waals surface area contributed by atoms with Crippen LogP contribution in [-0.4, -0.2) is 38.0 Å². The molecule has 120 valence electrons. The predicted molar refractivity (Wildman–Crippen MR) is 91.5 cm³/mol. The third-order valence-electron chi connectivity index (χ3n) is 3.27. The van der Waals surface area contributed by atoms with Gasteiger partial charge in [-0.25, -0.2) is 4.39 Å². The number of hydrogen-bond acceptors (Lipinski definition) is 3. The Morgan fingerprint density at radius 3 is 2.73 bits per heavy atom. The summed E-state index contributed by atoms with van der Waals surface area (Å²) in [5.74, 6) is -0.539. The van der Waals surface area contributed by atoms with Crippen LogP contribution in [0.3, 0.4) is 0 Å². The van der Waals surface area contributed by atoms with E-state index in [2.05, 4.69) is 24.1 Å².